The van der Waals surface area contributed by atoms with E-state index >= 15 is 0 Å². The lowest BCUT2D eigenvalue weighted by Gasteiger charge is -2.20. The predicted octanol–water partition coefficient (Wildman–Crippen LogP) is 6.13. The maximum absolute atomic E-state index is 12.2. The van der Waals surface area contributed by atoms with Gasteiger partial charge in [0.1, 0.15) is 0 Å². The maximum Gasteiger partial charge on any atom is 0.260 e. The van der Waals surface area contributed by atoms with Gasteiger partial charge in [-0.3, -0.25) is 10.2 Å². The number of fused-ring (bicyclic) bond motifs is 1. The van der Waals surface area contributed by atoms with E-state index in [-0.39, 0.29) is 5.56 Å². The largest absolute Gasteiger partial charge is 0.301 e. The topological polar surface area (TPSA) is 69.6 Å². The Morgan fingerprint density at radius 3 is 2.28 bits per heavy atom. The molecule has 0 bridgehead atoms. The molecule has 0 saturated carbocycles. The Labute approximate surface area is 164 Å². The fourth-order valence-electron chi connectivity index (χ4n) is 2.00. The van der Waals surface area contributed by atoms with Crippen LogP contribution in [0.2, 0.25) is 0 Å². The maximum atomic E-state index is 12.2. The summed E-state index contributed by atoms with van der Waals surface area (Å²) in [5.74, 6) is 1.68. The molecule has 0 radical (unpaired) electrons. The standard InChI is InChI=1S/C13H14BrN3OS.C4H10.C2H6/c1-4-7-8-11(6(3)9(14)10(7)15)16-13(19-5-2)17-12(8)18;1-4(2)3;1-2/h4,15H,5H2,1-3H3,(H,16,17,18);4H,1-3H3;1-2H3/b7-4-,15-10?;;. The Balaban J connectivity index is 0.000000845. The van der Waals surface area contributed by atoms with Crippen LogP contribution in [0.15, 0.2) is 20.5 Å². The fourth-order valence-corrected chi connectivity index (χ4v) is 3.00. The highest BCUT2D eigenvalue weighted by Crippen LogP contribution is 2.35. The number of aromatic amines is 1. The van der Waals surface area contributed by atoms with Gasteiger partial charge in [-0.15, -0.1) is 0 Å². The molecular formula is C19H30BrN3OS. The van der Waals surface area contributed by atoms with Crippen molar-refractivity contribution in [2.45, 2.75) is 60.5 Å². The molecule has 0 unspecified atom stereocenters. The summed E-state index contributed by atoms with van der Waals surface area (Å²) in [5, 5.41) is 8.71. The Bertz CT molecular complexity index is 715. The van der Waals surface area contributed by atoms with Gasteiger partial charge in [0.15, 0.2) is 5.16 Å². The van der Waals surface area contributed by atoms with E-state index in [9.17, 15) is 4.79 Å². The molecule has 0 aliphatic heterocycles. The van der Waals surface area contributed by atoms with Crippen molar-refractivity contribution in [2.75, 3.05) is 5.75 Å². The highest BCUT2D eigenvalue weighted by molar-refractivity contribution is 9.12. The first kappa shape index (κ1) is 23.9. The molecule has 4 nitrogen and oxygen atoms in total. The van der Waals surface area contributed by atoms with Crippen LogP contribution in [0.3, 0.4) is 0 Å². The van der Waals surface area contributed by atoms with Crippen LogP contribution < -0.4 is 5.56 Å². The van der Waals surface area contributed by atoms with Crippen LogP contribution >= 0.6 is 27.7 Å². The van der Waals surface area contributed by atoms with E-state index in [1.54, 1.807) is 6.08 Å². The van der Waals surface area contributed by atoms with Gasteiger partial charge >= 0.3 is 0 Å². The molecule has 0 spiro atoms. The predicted molar refractivity (Wildman–Crippen MR) is 116 cm³/mol. The zero-order valence-corrected chi connectivity index (χ0v) is 18.9. The number of halogens is 1. The van der Waals surface area contributed by atoms with Gasteiger partial charge in [-0.2, -0.15) is 0 Å². The first-order chi connectivity index (χ1) is 11.7. The van der Waals surface area contributed by atoms with Crippen molar-refractivity contribution < 1.29 is 0 Å². The van der Waals surface area contributed by atoms with E-state index in [1.807, 2.05) is 34.6 Å². The van der Waals surface area contributed by atoms with Crippen molar-refractivity contribution in [1.82, 2.24) is 9.97 Å². The molecule has 140 valence electrons. The summed E-state index contributed by atoms with van der Waals surface area (Å²) in [7, 11) is 0. The molecule has 1 heterocycles. The van der Waals surface area contributed by atoms with Crippen LogP contribution in [0.1, 0.15) is 66.6 Å². The van der Waals surface area contributed by atoms with Crippen LogP contribution in [0, 0.1) is 11.3 Å². The van der Waals surface area contributed by atoms with Crippen LogP contribution in [0.5, 0.6) is 0 Å². The van der Waals surface area contributed by atoms with Gasteiger partial charge in [-0.05, 0) is 47.0 Å². The van der Waals surface area contributed by atoms with Gasteiger partial charge in [-0.1, -0.05) is 59.4 Å². The number of hydrogen-bond donors (Lipinski definition) is 2. The highest BCUT2D eigenvalue weighted by atomic mass is 79.9. The van der Waals surface area contributed by atoms with E-state index in [2.05, 4.69) is 46.7 Å². The van der Waals surface area contributed by atoms with E-state index in [4.69, 9.17) is 5.41 Å². The van der Waals surface area contributed by atoms with Crippen LogP contribution in [-0.2, 0) is 0 Å². The lowest BCUT2D eigenvalue weighted by Crippen LogP contribution is -2.23. The molecule has 0 atom stereocenters. The molecule has 2 rings (SSSR count). The molecular weight excluding hydrogens is 398 g/mol. The molecule has 6 heteroatoms. The van der Waals surface area contributed by atoms with Gasteiger partial charge in [0, 0.05) is 10.1 Å². The van der Waals surface area contributed by atoms with Crippen molar-refractivity contribution in [1.29, 1.82) is 5.41 Å². The number of H-pyrrole nitrogens is 1. The van der Waals surface area contributed by atoms with Gasteiger partial charge in [0.05, 0.1) is 17.0 Å². The van der Waals surface area contributed by atoms with Crippen molar-refractivity contribution in [3.8, 4) is 0 Å². The van der Waals surface area contributed by atoms with E-state index in [0.717, 1.165) is 17.2 Å². The summed E-state index contributed by atoms with van der Waals surface area (Å²) < 4.78 is 0.693. The van der Waals surface area contributed by atoms with E-state index < -0.39 is 0 Å². The third-order valence-electron chi connectivity index (χ3n) is 2.91. The van der Waals surface area contributed by atoms with Gasteiger partial charge in [0.2, 0.25) is 0 Å². The SMILES string of the molecule is C/C=C1\C(=N)C(Br)=C(C)c2nc(SCC)[nH]c(=O)c21.CC.CC(C)C. The van der Waals surface area contributed by atoms with Crippen molar-refractivity contribution in [3.63, 3.8) is 0 Å². The van der Waals surface area contributed by atoms with E-state index in [0.29, 0.717) is 32.2 Å². The van der Waals surface area contributed by atoms with Gasteiger partial charge in [0.25, 0.3) is 5.56 Å². The van der Waals surface area contributed by atoms with Gasteiger partial charge in [-0.25, -0.2) is 4.98 Å². The first-order valence-corrected chi connectivity index (χ1v) is 10.4. The highest BCUT2D eigenvalue weighted by Gasteiger charge is 2.27. The van der Waals surface area contributed by atoms with Crippen molar-refractivity contribution >= 4 is 44.5 Å². The van der Waals surface area contributed by atoms with E-state index in [1.165, 1.54) is 11.8 Å². The van der Waals surface area contributed by atoms with Gasteiger partial charge < -0.3 is 4.98 Å². The number of nitrogens with one attached hydrogen (secondary N) is 2. The second-order valence-electron chi connectivity index (χ2n) is 5.78. The molecule has 0 aromatic carbocycles. The minimum atomic E-state index is -0.182. The number of rotatable bonds is 2. The lowest BCUT2D eigenvalue weighted by molar-refractivity contribution is 0.737. The quantitative estimate of drug-likeness (QED) is 0.440. The fraction of sp³-hybridized carbons (Fsp3) is 0.526. The molecule has 2 N–H and O–H groups in total. The number of thioether (sulfide) groups is 1. The number of nitrogens with zero attached hydrogens (tertiary/aromatic N) is 1. The molecule has 1 aromatic rings. The third kappa shape index (κ3) is 6.26. The summed E-state index contributed by atoms with van der Waals surface area (Å²) in [5.41, 5.74) is 2.75. The second kappa shape index (κ2) is 11.5. The molecule has 0 fully saturated rings. The summed E-state index contributed by atoms with van der Waals surface area (Å²) in [6.45, 7) is 16.2. The normalized spacial score (nSPS) is 14.6. The summed E-state index contributed by atoms with van der Waals surface area (Å²) >= 11 is 4.91. The molecule has 0 saturated heterocycles. The molecule has 1 aliphatic rings. The third-order valence-corrected chi connectivity index (χ3v) is 4.66. The Morgan fingerprint density at radius 2 is 1.84 bits per heavy atom. The molecule has 0 amide bonds. The summed E-state index contributed by atoms with van der Waals surface area (Å²) in [4.78, 5) is 19.5. The summed E-state index contributed by atoms with van der Waals surface area (Å²) in [6, 6.07) is 0. The molecule has 1 aromatic heterocycles. The minimum Gasteiger partial charge on any atom is -0.301 e. The zero-order valence-electron chi connectivity index (χ0n) is 16.5. The molecule has 25 heavy (non-hydrogen) atoms. The lowest BCUT2D eigenvalue weighted by atomic mass is 9.91. The number of allylic oxidation sites excluding steroid dienone is 4. The first-order valence-electron chi connectivity index (χ1n) is 8.64. The average molecular weight is 428 g/mol. The Hall–Kier alpha value is -1.14. The molecule has 1 aliphatic carbocycles. The van der Waals surface area contributed by atoms with Crippen LogP contribution in [-0.4, -0.2) is 21.4 Å². The minimum absolute atomic E-state index is 0.182. The number of hydrogen-bond acceptors (Lipinski definition) is 4. The second-order valence-corrected chi connectivity index (χ2v) is 7.82. The Kier molecular flexibility index (Phi) is 10.9. The number of aromatic nitrogens is 2. The summed E-state index contributed by atoms with van der Waals surface area (Å²) in [6.07, 6.45) is 1.78. The van der Waals surface area contributed by atoms with Crippen molar-refractivity contribution in [3.05, 3.63) is 32.2 Å². The average Bonchev–Trinajstić information content (AvgIpc) is 2.56. The van der Waals surface area contributed by atoms with Crippen molar-refractivity contribution in [2.24, 2.45) is 5.92 Å². The Morgan fingerprint density at radius 1 is 1.32 bits per heavy atom. The smallest absolute Gasteiger partial charge is 0.260 e. The zero-order chi connectivity index (χ0) is 19.7. The monoisotopic (exact) mass is 427 g/mol. The van der Waals surface area contributed by atoms with Crippen LogP contribution in [0.4, 0.5) is 0 Å². The van der Waals surface area contributed by atoms with Crippen LogP contribution in [0.25, 0.3) is 11.1 Å².